The van der Waals surface area contributed by atoms with Crippen LogP contribution in [0.25, 0.3) is 22.1 Å². The minimum Gasteiger partial charge on any atom is -0.445 e. The number of nitrogens with two attached hydrogens (primary N) is 1. The molecule has 2 N–H and O–H groups in total. The molecular formula is C17H9Br2F3N2O2. The van der Waals surface area contributed by atoms with E-state index in [-0.39, 0.29) is 15.9 Å². The highest BCUT2D eigenvalue weighted by molar-refractivity contribution is 9.10. The Morgan fingerprint density at radius 3 is 2.58 bits per heavy atom. The van der Waals surface area contributed by atoms with E-state index >= 15 is 0 Å². The summed E-state index contributed by atoms with van der Waals surface area (Å²) >= 11 is 6.38. The number of hydrogen-bond donors (Lipinski definition) is 1. The summed E-state index contributed by atoms with van der Waals surface area (Å²) in [5.41, 5.74) is 8.20. The van der Waals surface area contributed by atoms with Crippen molar-refractivity contribution in [1.82, 2.24) is 0 Å². The van der Waals surface area contributed by atoms with Crippen LogP contribution in [0.3, 0.4) is 0 Å². The van der Waals surface area contributed by atoms with Gasteiger partial charge in [0.2, 0.25) is 5.76 Å². The Balaban J connectivity index is 2.30. The van der Waals surface area contributed by atoms with Crippen molar-refractivity contribution in [2.75, 3.05) is 5.73 Å². The molecule has 9 heteroatoms. The second kappa shape index (κ2) is 6.85. The standard InChI is InChI=1S/C17H9Br2F3N2O2/c18-6-9-2-1-8-3-10(7-23)25-16(8)15(9)11-4-14(26-17(20,21)22)12(19)5-13(11)24/h1-5H,6,24H2. The Labute approximate surface area is 162 Å². The minimum absolute atomic E-state index is 0.0702. The first-order valence-corrected chi connectivity index (χ1v) is 9.01. The predicted octanol–water partition coefficient (Wildman–Crippen LogP) is 6.11. The number of halogens is 5. The van der Waals surface area contributed by atoms with Crippen molar-refractivity contribution in [3.05, 3.63) is 46.1 Å². The number of hydrogen-bond acceptors (Lipinski definition) is 4. The van der Waals surface area contributed by atoms with Crippen LogP contribution in [-0.2, 0) is 5.33 Å². The smallest absolute Gasteiger partial charge is 0.445 e. The van der Waals surface area contributed by atoms with Crippen LogP contribution in [0.15, 0.2) is 39.2 Å². The first-order valence-electron chi connectivity index (χ1n) is 7.10. The molecular weight excluding hydrogens is 481 g/mol. The Morgan fingerprint density at radius 2 is 1.96 bits per heavy atom. The number of alkyl halides is 4. The molecule has 0 amide bonds. The summed E-state index contributed by atoms with van der Waals surface area (Å²) in [7, 11) is 0. The first-order chi connectivity index (χ1) is 12.2. The minimum atomic E-state index is -4.85. The predicted molar refractivity (Wildman–Crippen MR) is 97.8 cm³/mol. The van der Waals surface area contributed by atoms with Gasteiger partial charge in [-0.2, -0.15) is 5.26 Å². The van der Waals surface area contributed by atoms with E-state index in [4.69, 9.17) is 15.4 Å². The lowest BCUT2D eigenvalue weighted by Crippen LogP contribution is -2.17. The number of nitriles is 1. The maximum Gasteiger partial charge on any atom is 0.573 e. The van der Waals surface area contributed by atoms with Gasteiger partial charge in [-0.05, 0) is 33.6 Å². The van der Waals surface area contributed by atoms with Crippen LogP contribution in [0.2, 0.25) is 0 Å². The fraction of sp³-hybridized carbons (Fsp3) is 0.118. The van der Waals surface area contributed by atoms with E-state index in [0.717, 1.165) is 5.56 Å². The van der Waals surface area contributed by atoms with Crippen LogP contribution >= 0.6 is 31.9 Å². The summed E-state index contributed by atoms with van der Waals surface area (Å²) in [4.78, 5) is 0. The Bertz CT molecular complexity index is 1040. The lowest BCUT2D eigenvalue weighted by Gasteiger charge is -2.16. The molecule has 3 rings (SSSR count). The van der Waals surface area contributed by atoms with Gasteiger partial charge in [0.05, 0.1) is 4.47 Å². The van der Waals surface area contributed by atoms with Crippen molar-refractivity contribution in [3.63, 3.8) is 0 Å². The topological polar surface area (TPSA) is 72.2 Å². The monoisotopic (exact) mass is 488 g/mol. The zero-order chi connectivity index (χ0) is 19.1. The average Bonchev–Trinajstić information content (AvgIpc) is 2.99. The van der Waals surface area contributed by atoms with Gasteiger partial charge in [0.15, 0.2) is 0 Å². The molecule has 0 fully saturated rings. The molecule has 0 saturated heterocycles. The van der Waals surface area contributed by atoms with E-state index in [1.165, 1.54) is 12.1 Å². The van der Waals surface area contributed by atoms with Crippen LogP contribution in [0.1, 0.15) is 11.3 Å². The third-order valence-corrected chi connectivity index (χ3v) is 4.85. The Hall–Kier alpha value is -2.18. The summed E-state index contributed by atoms with van der Waals surface area (Å²) in [6.07, 6.45) is -4.85. The van der Waals surface area contributed by atoms with E-state index in [9.17, 15) is 13.2 Å². The highest BCUT2D eigenvalue weighted by atomic mass is 79.9. The van der Waals surface area contributed by atoms with Gasteiger partial charge in [0.1, 0.15) is 17.4 Å². The summed E-state index contributed by atoms with van der Waals surface area (Å²) in [6, 6.07) is 9.55. The molecule has 0 radical (unpaired) electrons. The average molecular weight is 490 g/mol. The highest BCUT2D eigenvalue weighted by Gasteiger charge is 2.32. The molecule has 0 spiro atoms. The van der Waals surface area contributed by atoms with Crippen molar-refractivity contribution < 1.29 is 22.3 Å². The van der Waals surface area contributed by atoms with Gasteiger partial charge in [-0.3, -0.25) is 0 Å². The summed E-state index contributed by atoms with van der Waals surface area (Å²) in [5, 5.41) is 10.1. The number of nitrogen functional groups attached to an aromatic ring is 1. The van der Waals surface area contributed by atoms with Crippen LogP contribution in [0.5, 0.6) is 5.75 Å². The number of rotatable bonds is 3. The Kier molecular flexibility index (Phi) is 4.90. The fourth-order valence-electron chi connectivity index (χ4n) is 2.59. The largest absolute Gasteiger partial charge is 0.573 e. The molecule has 26 heavy (non-hydrogen) atoms. The molecule has 0 unspecified atom stereocenters. The quantitative estimate of drug-likeness (QED) is 0.356. The van der Waals surface area contributed by atoms with Crippen molar-refractivity contribution in [2.45, 2.75) is 11.7 Å². The lowest BCUT2D eigenvalue weighted by atomic mass is 9.97. The highest BCUT2D eigenvalue weighted by Crippen LogP contribution is 2.43. The molecule has 0 aliphatic heterocycles. The van der Waals surface area contributed by atoms with E-state index in [0.29, 0.717) is 27.4 Å². The fourth-order valence-corrected chi connectivity index (χ4v) is 3.50. The number of furan rings is 1. The van der Waals surface area contributed by atoms with Gasteiger partial charge in [-0.25, -0.2) is 0 Å². The SMILES string of the molecule is N#Cc1cc2ccc(CBr)c(-c3cc(OC(F)(F)F)c(Br)cc3N)c2o1. The van der Waals surface area contributed by atoms with Crippen molar-refractivity contribution in [3.8, 4) is 22.9 Å². The molecule has 0 bridgehead atoms. The second-order valence-corrected chi connectivity index (χ2v) is 6.71. The third kappa shape index (κ3) is 3.52. The van der Waals surface area contributed by atoms with Gasteiger partial charge in [-0.15, -0.1) is 13.2 Å². The van der Waals surface area contributed by atoms with Crippen LogP contribution in [-0.4, -0.2) is 6.36 Å². The lowest BCUT2D eigenvalue weighted by molar-refractivity contribution is -0.274. The molecule has 0 aliphatic carbocycles. The summed E-state index contributed by atoms with van der Waals surface area (Å²) < 4.78 is 47.7. The molecule has 134 valence electrons. The van der Waals surface area contributed by atoms with Crippen LogP contribution < -0.4 is 10.5 Å². The number of anilines is 1. The van der Waals surface area contributed by atoms with Crippen molar-refractivity contribution in [2.24, 2.45) is 0 Å². The third-order valence-electron chi connectivity index (χ3n) is 3.63. The second-order valence-electron chi connectivity index (χ2n) is 5.29. The van der Waals surface area contributed by atoms with E-state index in [1.54, 1.807) is 18.2 Å². The number of ether oxygens (including phenoxy) is 1. The maximum atomic E-state index is 12.7. The molecule has 4 nitrogen and oxygen atoms in total. The van der Waals surface area contributed by atoms with E-state index in [2.05, 4.69) is 36.6 Å². The maximum absolute atomic E-state index is 12.7. The molecule has 0 saturated carbocycles. The van der Waals surface area contributed by atoms with Crippen molar-refractivity contribution >= 4 is 48.5 Å². The van der Waals surface area contributed by atoms with E-state index in [1.807, 2.05) is 6.07 Å². The number of benzene rings is 2. The van der Waals surface area contributed by atoms with Crippen LogP contribution in [0.4, 0.5) is 18.9 Å². The summed E-state index contributed by atoms with van der Waals surface area (Å²) in [6.45, 7) is 0. The van der Waals surface area contributed by atoms with Gasteiger partial charge in [0.25, 0.3) is 0 Å². The molecule has 1 heterocycles. The molecule has 1 aromatic heterocycles. The number of fused-ring (bicyclic) bond motifs is 1. The zero-order valence-electron chi connectivity index (χ0n) is 12.8. The molecule has 0 atom stereocenters. The zero-order valence-corrected chi connectivity index (χ0v) is 16.0. The normalized spacial score (nSPS) is 11.5. The van der Waals surface area contributed by atoms with E-state index < -0.39 is 12.1 Å². The van der Waals surface area contributed by atoms with Gasteiger partial charge < -0.3 is 14.9 Å². The molecule has 3 aromatic rings. The Morgan fingerprint density at radius 1 is 1.23 bits per heavy atom. The summed E-state index contributed by atoms with van der Waals surface area (Å²) in [5.74, 6) is -0.332. The van der Waals surface area contributed by atoms with Crippen LogP contribution in [0, 0.1) is 11.3 Å². The van der Waals surface area contributed by atoms with Gasteiger partial charge in [-0.1, -0.05) is 28.1 Å². The molecule has 0 aliphatic rings. The first kappa shape index (κ1) is 18.6. The molecule has 2 aromatic carbocycles. The van der Waals surface area contributed by atoms with Gasteiger partial charge in [0, 0.05) is 33.6 Å². The number of nitrogens with zero attached hydrogens (tertiary/aromatic N) is 1. The van der Waals surface area contributed by atoms with Crippen molar-refractivity contribution in [1.29, 1.82) is 5.26 Å². The van der Waals surface area contributed by atoms with Gasteiger partial charge >= 0.3 is 6.36 Å².